The number of carbonyl (C=O) groups excluding carboxylic acids is 1. The van der Waals surface area contributed by atoms with Crippen LogP contribution in [0.25, 0.3) is 0 Å². The Morgan fingerprint density at radius 1 is 1.54 bits per heavy atom. The number of aliphatic carboxylic acids is 1. The summed E-state index contributed by atoms with van der Waals surface area (Å²) in [6.45, 7) is 6.16. The predicted octanol–water partition coefficient (Wildman–Crippen LogP) is 0.984. The number of hydrogen-bond acceptors (Lipinski definition) is 3. The van der Waals surface area contributed by atoms with Gasteiger partial charge in [-0.2, -0.15) is 0 Å². The largest absolute Gasteiger partial charge is 0.480 e. The van der Waals surface area contributed by atoms with Crippen molar-refractivity contribution in [1.82, 2.24) is 5.31 Å². The Morgan fingerprint density at radius 2 is 2.00 bits per heavy atom. The lowest BCUT2D eigenvalue weighted by atomic mass is 10.2. The van der Waals surface area contributed by atoms with Gasteiger partial charge in [0.25, 0.3) is 0 Å². The number of rotatable bonds is 2. The smallest absolute Gasteiger partial charge is 0.408 e. The number of amides is 1. The lowest BCUT2D eigenvalue weighted by Crippen LogP contribution is -2.41. The Hall–Kier alpha value is -1.26. The third-order valence-corrected chi connectivity index (χ3v) is 1.05. The van der Waals surface area contributed by atoms with E-state index in [2.05, 4.69) is 0 Å². The summed E-state index contributed by atoms with van der Waals surface area (Å²) in [5, 5.41) is 8.83. The lowest BCUT2D eigenvalue weighted by molar-refractivity contribution is -0.139. The average Bonchev–Trinajstić information content (AvgIpc) is 1.98. The SMILES string of the molecule is [2H]N(C(=O)OC(C)(C)C)[C@@H](C)C(=O)O. The molecule has 0 fully saturated rings. The van der Waals surface area contributed by atoms with Crippen LogP contribution in [0.1, 0.15) is 27.7 Å². The fourth-order valence-corrected chi connectivity index (χ4v) is 0.502. The first-order chi connectivity index (χ1) is 6.15. The van der Waals surface area contributed by atoms with Crippen molar-refractivity contribution in [3.63, 3.8) is 0 Å². The standard InChI is InChI=1S/C8H15NO4/c1-5(6(10)11)9-7(12)13-8(2,3)4/h5H,1-4H3,(H,9,12)(H,10,11)/t5-/m0/s1/i/hD. The van der Waals surface area contributed by atoms with Crippen LogP contribution >= 0.6 is 0 Å². The molecule has 0 saturated carbocycles. The predicted molar refractivity (Wildman–Crippen MR) is 46.5 cm³/mol. The minimum atomic E-state index is -1.24. The summed E-state index contributed by atoms with van der Waals surface area (Å²) < 4.78 is 12.0. The maximum atomic E-state index is 11.2. The zero-order valence-electron chi connectivity index (χ0n) is 9.20. The molecule has 2 N–H and O–H groups in total. The third-order valence-electron chi connectivity index (χ3n) is 1.05. The van der Waals surface area contributed by atoms with E-state index in [-0.39, 0.29) is 0 Å². The van der Waals surface area contributed by atoms with Crippen molar-refractivity contribution >= 4 is 12.1 Å². The molecule has 0 bridgehead atoms. The first-order valence-corrected chi connectivity index (χ1v) is 3.89. The van der Waals surface area contributed by atoms with E-state index in [0.29, 0.717) is 5.31 Å². The van der Waals surface area contributed by atoms with Gasteiger partial charge in [-0.15, -0.1) is 0 Å². The Kier molecular flexibility index (Phi) is 3.11. The van der Waals surface area contributed by atoms with Crippen LogP contribution in [-0.4, -0.2) is 28.8 Å². The summed E-state index contributed by atoms with van der Waals surface area (Å²) in [5.74, 6) is -1.24. The first-order valence-electron chi connectivity index (χ1n) is 4.34. The van der Waals surface area contributed by atoms with Crippen LogP contribution in [-0.2, 0) is 9.53 Å². The maximum Gasteiger partial charge on any atom is 0.408 e. The van der Waals surface area contributed by atoms with Crippen LogP contribution in [0.4, 0.5) is 4.79 Å². The van der Waals surface area contributed by atoms with Gasteiger partial charge in [0.15, 0.2) is 1.41 Å². The maximum absolute atomic E-state index is 11.2. The molecular weight excluding hydrogens is 174 g/mol. The highest BCUT2D eigenvalue weighted by molar-refractivity contribution is 5.79. The second-order valence-electron chi connectivity index (χ2n) is 3.62. The van der Waals surface area contributed by atoms with Crippen LogP contribution in [0, 0.1) is 0 Å². The van der Waals surface area contributed by atoms with E-state index < -0.39 is 23.7 Å². The van der Waals surface area contributed by atoms with Gasteiger partial charge in [0, 0.05) is 0 Å². The van der Waals surface area contributed by atoms with Gasteiger partial charge in [-0.25, -0.2) is 4.79 Å². The van der Waals surface area contributed by atoms with Crippen LogP contribution in [0.15, 0.2) is 0 Å². The van der Waals surface area contributed by atoms with Gasteiger partial charge in [-0.1, -0.05) is 0 Å². The van der Waals surface area contributed by atoms with Crippen molar-refractivity contribution in [2.75, 3.05) is 0 Å². The molecule has 0 saturated heterocycles. The van der Waals surface area contributed by atoms with Crippen LogP contribution in [0.5, 0.6) is 0 Å². The molecule has 0 aliphatic heterocycles. The molecule has 5 heteroatoms. The molecule has 5 nitrogen and oxygen atoms in total. The fraction of sp³-hybridized carbons (Fsp3) is 0.750. The average molecular weight is 190 g/mol. The summed E-state index contributed by atoms with van der Waals surface area (Å²) in [6, 6.07) is -1.22. The summed E-state index contributed by atoms with van der Waals surface area (Å²) in [5.41, 5.74) is -0.728. The van der Waals surface area contributed by atoms with E-state index in [9.17, 15) is 9.59 Å². The van der Waals surface area contributed by atoms with Crippen LogP contribution < -0.4 is 5.31 Å². The van der Waals surface area contributed by atoms with Gasteiger partial charge in [-0.3, -0.25) is 4.79 Å². The molecule has 76 valence electrons. The second kappa shape index (κ2) is 4.11. The minimum Gasteiger partial charge on any atom is -0.480 e. The van der Waals surface area contributed by atoms with Crippen molar-refractivity contribution in [3.8, 4) is 0 Å². The van der Waals surface area contributed by atoms with E-state index >= 15 is 0 Å². The van der Waals surface area contributed by atoms with E-state index in [0.717, 1.165) is 0 Å². The molecule has 0 aromatic rings. The third kappa shape index (κ3) is 5.95. The highest BCUT2D eigenvalue weighted by Crippen LogP contribution is 2.06. The highest BCUT2D eigenvalue weighted by Gasteiger charge is 2.20. The Bertz CT molecular complexity index is 236. The monoisotopic (exact) mass is 190 g/mol. The lowest BCUT2D eigenvalue weighted by Gasteiger charge is -2.20. The van der Waals surface area contributed by atoms with Gasteiger partial charge >= 0.3 is 12.1 Å². The van der Waals surface area contributed by atoms with Crippen LogP contribution in [0.2, 0.25) is 1.41 Å². The summed E-state index contributed by atoms with van der Waals surface area (Å²) in [6.07, 6.45) is -0.965. The Morgan fingerprint density at radius 3 is 2.31 bits per heavy atom. The molecule has 0 aromatic heterocycles. The topological polar surface area (TPSA) is 75.6 Å². The van der Waals surface area contributed by atoms with Crippen molar-refractivity contribution in [2.45, 2.75) is 39.3 Å². The number of carboxylic acid groups (broad SMARTS) is 1. The zero-order valence-corrected chi connectivity index (χ0v) is 8.20. The van der Waals surface area contributed by atoms with E-state index in [4.69, 9.17) is 11.3 Å². The molecule has 1 amide bonds. The minimum absolute atomic E-state index is 0.299. The highest BCUT2D eigenvalue weighted by atomic mass is 16.6. The number of carboxylic acids is 1. The van der Waals surface area contributed by atoms with Crippen LogP contribution in [0.3, 0.4) is 0 Å². The Balaban J connectivity index is 4.33. The molecule has 13 heavy (non-hydrogen) atoms. The number of ether oxygens (including phenoxy) is 1. The van der Waals surface area contributed by atoms with Gasteiger partial charge in [0.1, 0.15) is 11.6 Å². The van der Waals surface area contributed by atoms with E-state index in [1.807, 2.05) is 0 Å². The summed E-state index contributed by atoms with van der Waals surface area (Å²) >= 11 is 0. The quantitative estimate of drug-likeness (QED) is 0.680. The van der Waals surface area contributed by atoms with Crippen molar-refractivity contribution < 1.29 is 20.8 Å². The van der Waals surface area contributed by atoms with Gasteiger partial charge in [-0.05, 0) is 27.7 Å². The fourth-order valence-electron chi connectivity index (χ4n) is 0.502. The zero-order chi connectivity index (χ0) is 11.5. The first kappa shape index (κ1) is 9.83. The molecule has 0 spiro atoms. The van der Waals surface area contributed by atoms with Gasteiger partial charge in [0.2, 0.25) is 0 Å². The molecule has 1 atom stereocenters. The van der Waals surface area contributed by atoms with Gasteiger partial charge in [0.05, 0.1) is 0 Å². The molecule has 0 rings (SSSR count). The molecular formula is C8H15NO4. The van der Waals surface area contributed by atoms with E-state index in [1.165, 1.54) is 6.92 Å². The molecule has 0 radical (unpaired) electrons. The Labute approximate surface area is 78.5 Å². The molecule has 0 aliphatic carbocycles. The summed E-state index contributed by atoms with van der Waals surface area (Å²) in [4.78, 5) is 21.6. The van der Waals surface area contributed by atoms with E-state index in [1.54, 1.807) is 20.8 Å². The summed E-state index contributed by atoms with van der Waals surface area (Å²) in [7, 11) is 0. The second-order valence-corrected chi connectivity index (χ2v) is 3.62. The molecule has 0 heterocycles. The molecule has 0 aliphatic rings. The number of carbonyl (C=O) groups is 2. The normalized spacial score (nSPS) is 14.3. The van der Waals surface area contributed by atoms with Crippen molar-refractivity contribution in [2.24, 2.45) is 0 Å². The number of hydrogen-bond donors (Lipinski definition) is 2. The van der Waals surface area contributed by atoms with Crippen molar-refractivity contribution in [3.05, 3.63) is 0 Å². The number of nitrogens with one attached hydrogen (secondary N) is 1. The van der Waals surface area contributed by atoms with Crippen molar-refractivity contribution in [1.29, 1.82) is 0 Å². The van der Waals surface area contributed by atoms with Gasteiger partial charge < -0.3 is 15.2 Å². The number of alkyl carbamates (subject to hydrolysis) is 1. The molecule has 0 aromatic carbocycles. The molecule has 0 unspecified atom stereocenters.